The number of carbonyl (C=O) groups excluding carboxylic acids is 1. The highest BCUT2D eigenvalue weighted by Crippen LogP contribution is 2.26. The van der Waals surface area contributed by atoms with Gasteiger partial charge in [0, 0.05) is 40.7 Å². The van der Waals surface area contributed by atoms with Gasteiger partial charge in [0.15, 0.2) is 5.78 Å². The molecular weight excluding hydrogens is 244 g/mol. The van der Waals surface area contributed by atoms with E-state index in [4.69, 9.17) is 0 Å². The molecule has 2 aromatic rings. The van der Waals surface area contributed by atoms with Crippen LogP contribution in [0.3, 0.4) is 0 Å². The number of fused-ring (bicyclic) bond motifs is 1. The summed E-state index contributed by atoms with van der Waals surface area (Å²) in [6.07, 6.45) is 3.40. The topological polar surface area (TPSA) is 76.0 Å². The van der Waals surface area contributed by atoms with E-state index < -0.39 is 4.92 Å². The van der Waals surface area contributed by atoms with Crippen molar-refractivity contribution in [1.82, 2.24) is 4.98 Å². The number of aromatic nitrogens is 1. The number of ketones is 1. The zero-order valence-electron chi connectivity index (χ0n) is 11.0. The number of aromatic amines is 1. The van der Waals surface area contributed by atoms with Gasteiger partial charge in [0.2, 0.25) is 0 Å². The normalized spacial score (nSPS) is 12.5. The maximum Gasteiger partial charge on any atom is 0.270 e. The number of nitro benzene ring substituents is 1. The molecule has 1 aromatic heterocycles. The van der Waals surface area contributed by atoms with Crippen LogP contribution < -0.4 is 0 Å². The molecule has 0 aliphatic rings. The third-order valence-electron chi connectivity index (χ3n) is 3.31. The van der Waals surface area contributed by atoms with Gasteiger partial charge in [-0.1, -0.05) is 20.3 Å². The predicted octanol–water partition coefficient (Wildman–Crippen LogP) is 3.70. The van der Waals surface area contributed by atoms with Crippen LogP contribution in [0.15, 0.2) is 24.4 Å². The van der Waals surface area contributed by atoms with Crippen molar-refractivity contribution in [3.63, 3.8) is 0 Å². The molecule has 0 aliphatic heterocycles. The van der Waals surface area contributed by atoms with E-state index in [9.17, 15) is 14.9 Å². The number of nitrogens with zero attached hydrogens (tertiary/aromatic N) is 1. The van der Waals surface area contributed by atoms with Crippen LogP contribution in [0.5, 0.6) is 0 Å². The van der Waals surface area contributed by atoms with Gasteiger partial charge in [-0.15, -0.1) is 0 Å². The number of Topliss-reactive ketones (excluding diaryl/α,β-unsaturated/α-hetero) is 1. The van der Waals surface area contributed by atoms with Gasteiger partial charge in [-0.2, -0.15) is 0 Å². The summed E-state index contributed by atoms with van der Waals surface area (Å²) >= 11 is 0. The lowest BCUT2D eigenvalue weighted by Crippen LogP contribution is -2.10. The number of hydrogen-bond donors (Lipinski definition) is 1. The van der Waals surface area contributed by atoms with Crippen molar-refractivity contribution in [2.45, 2.75) is 26.7 Å². The van der Waals surface area contributed by atoms with Gasteiger partial charge in [0.25, 0.3) is 5.69 Å². The quantitative estimate of drug-likeness (QED) is 0.506. The first-order valence-corrected chi connectivity index (χ1v) is 6.34. The van der Waals surface area contributed by atoms with E-state index in [0.29, 0.717) is 10.9 Å². The maximum absolute atomic E-state index is 12.3. The number of nitrogens with one attached hydrogen (secondary N) is 1. The van der Waals surface area contributed by atoms with Gasteiger partial charge in [0.05, 0.1) is 4.92 Å². The lowest BCUT2D eigenvalue weighted by atomic mass is 9.95. The third kappa shape index (κ3) is 2.50. The number of H-pyrrole nitrogens is 1. The first-order valence-electron chi connectivity index (χ1n) is 6.34. The Morgan fingerprint density at radius 3 is 2.84 bits per heavy atom. The van der Waals surface area contributed by atoms with Crippen LogP contribution in [-0.2, 0) is 0 Å². The summed E-state index contributed by atoms with van der Waals surface area (Å²) in [6.45, 7) is 3.92. The second-order valence-corrected chi connectivity index (χ2v) is 4.74. The molecule has 0 bridgehead atoms. The minimum absolute atomic E-state index is 0.00398. The zero-order valence-corrected chi connectivity index (χ0v) is 11.0. The van der Waals surface area contributed by atoms with Crippen LogP contribution in [0.25, 0.3) is 10.9 Å². The van der Waals surface area contributed by atoms with Crippen LogP contribution in [0.1, 0.15) is 37.0 Å². The molecule has 1 N–H and O–H groups in total. The van der Waals surface area contributed by atoms with E-state index in [1.807, 2.05) is 13.8 Å². The molecule has 1 unspecified atom stereocenters. The van der Waals surface area contributed by atoms with Gasteiger partial charge in [-0.25, -0.2) is 0 Å². The molecule has 0 spiro atoms. The Labute approximate surface area is 110 Å². The maximum atomic E-state index is 12.3. The molecule has 100 valence electrons. The van der Waals surface area contributed by atoms with Crippen molar-refractivity contribution in [2.24, 2.45) is 5.92 Å². The summed E-state index contributed by atoms with van der Waals surface area (Å²) in [4.78, 5) is 25.6. The van der Waals surface area contributed by atoms with Gasteiger partial charge >= 0.3 is 0 Å². The lowest BCUT2D eigenvalue weighted by molar-refractivity contribution is -0.384. The van der Waals surface area contributed by atoms with E-state index in [1.54, 1.807) is 12.3 Å². The number of rotatable bonds is 5. The molecule has 19 heavy (non-hydrogen) atoms. The Bertz CT molecular complexity index is 631. The van der Waals surface area contributed by atoms with Gasteiger partial charge in [0.1, 0.15) is 0 Å². The molecule has 1 atom stereocenters. The lowest BCUT2D eigenvalue weighted by Gasteiger charge is -2.07. The highest BCUT2D eigenvalue weighted by molar-refractivity contribution is 6.09. The molecule has 5 heteroatoms. The zero-order chi connectivity index (χ0) is 14.0. The number of nitro groups is 1. The van der Waals surface area contributed by atoms with Gasteiger partial charge in [-0.3, -0.25) is 14.9 Å². The Balaban J connectivity index is 2.46. The number of non-ortho nitro benzene ring substituents is 1. The first kappa shape index (κ1) is 13.3. The molecule has 0 radical (unpaired) electrons. The Morgan fingerprint density at radius 1 is 1.47 bits per heavy atom. The van der Waals surface area contributed by atoms with Crippen molar-refractivity contribution in [3.8, 4) is 0 Å². The molecule has 0 saturated carbocycles. The Morgan fingerprint density at radius 2 is 2.21 bits per heavy atom. The summed E-state index contributed by atoms with van der Waals surface area (Å²) in [5.74, 6) is -0.0307. The highest BCUT2D eigenvalue weighted by Gasteiger charge is 2.19. The molecule has 5 nitrogen and oxygen atoms in total. The first-order chi connectivity index (χ1) is 9.04. The van der Waals surface area contributed by atoms with Gasteiger partial charge < -0.3 is 4.98 Å². The average Bonchev–Trinajstić information content (AvgIpc) is 2.80. The van der Waals surface area contributed by atoms with Crippen LogP contribution in [-0.4, -0.2) is 15.7 Å². The average molecular weight is 260 g/mol. The standard InChI is InChI=1S/C14H16N2O3/c1-3-4-9(2)14(17)12-8-15-13-6-5-10(16(18)19)7-11(12)13/h5-9,15H,3-4H2,1-2H3. The van der Waals surface area contributed by atoms with Crippen molar-refractivity contribution >= 4 is 22.4 Å². The van der Waals surface area contributed by atoms with Crippen molar-refractivity contribution < 1.29 is 9.72 Å². The number of carbonyl (C=O) groups is 1. The fraction of sp³-hybridized carbons (Fsp3) is 0.357. The molecule has 1 heterocycles. The largest absolute Gasteiger partial charge is 0.360 e. The van der Waals surface area contributed by atoms with Gasteiger partial charge in [-0.05, 0) is 12.5 Å². The molecule has 0 amide bonds. The summed E-state index contributed by atoms with van der Waals surface area (Å²) in [5, 5.41) is 11.4. The molecule has 0 aliphatic carbocycles. The van der Waals surface area contributed by atoms with Crippen LogP contribution in [0, 0.1) is 16.0 Å². The molecule has 0 saturated heterocycles. The van der Waals surface area contributed by atoms with E-state index in [-0.39, 0.29) is 17.4 Å². The van der Waals surface area contributed by atoms with Crippen LogP contribution in [0.2, 0.25) is 0 Å². The van der Waals surface area contributed by atoms with Crippen LogP contribution >= 0.6 is 0 Å². The second-order valence-electron chi connectivity index (χ2n) is 4.74. The van der Waals surface area contributed by atoms with E-state index in [0.717, 1.165) is 18.4 Å². The predicted molar refractivity (Wildman–Crippen MR) is 73.4 cm³/mol. The Hall–Kier alpha value is -2.17. The Kier molecular flexibility index (Phi) is 3.64. The fourth-order valence-corrected chi connectivity index (χ4v) is 2.26. The summed E-state index contributed by atoms with van der Waals surface area (Å²) < 4.78 is 0. The molecule has 0 fully saturated rings. The minimum Gasteiger partial charge on any atom is -0.360 e. The number of benzene rings is 1. The molecule has 1 aromatic carbocycles. The smallest absolute Gasteiger partial charge is 0.270 e. The fourth-order valence-electron chi connectivity index (χ4n) is 2.26. The van der Waals surface area contributed by atoms with Crippen LogP contribution in [0.4, 0.5) is 5.69 Å². The third-order valence-corrected chi connectivity index (χ3v) is 3.31. The highest BCUT2D eigenvalue weighted by atomic mass is 16.6. The summed E-state index contributed by atoms with van der Waals surface area (Å²) in [6, 6.07) is 4.52. The van der Waals surface area contributed by atoms with E-state index >= 15 is 0 Å². The molecule has 2 rings (SSSR count). The van der Waals surface area contributed by atoms with Crippen molar-refractivity contribution in [2.75, 3.05) is 0 Å². The molecular formula is C14H16N2O3. The SMILES string of the molecule is CCCC(C)C(=O)c1c[nH]c2ccc([N+](=O)[O-])cc12. The minimum atomic E-state index is -0.448. The monoisotopic (exact) mass is 260 g/mol. The summed E-state index contributed by atoms with van der Waals surface area (Å²) in [5.41, 5.74) is 1.29. The van der Waals surface area contributed by atoms with E-state index in [2.05, 4.69) is 4.98 Å². The number of hydrogen-bond acceptors (Lipinski definition) is 3. The van der Waals surface area contributed by atoms with E-state index in [1.165, 1.54) is 12.1 Å². The van der Waals surface area contributed by atoms with Crippen molar-refractivity contribution in [1.29, 1.82) is 0 Å². The second kappa shape index (κ2) is 5.22. The van der Waals surface area contributed by atoms with Crippen molar-refractivity contribution in [3.05, 3.63) is 40.1 Å². The summed E-state index contributed by atoms with van der Waals surface area (Å²) in [7, 11) is 0.